The largest absolute Gasteiger partial charge is 0.444 e. The lowest BCUT2D eigenvalue weighted by atomic mass is 9.78. The molecule has 2 heterocycles. The lowest BCUT2D eigenvalue weighted by Crippen LogP contribution is -2.62. The molecule has 2 amide bonds. The smallest absolute Gasteiger partial charge is 0.410 e. The molecule has 1 spiro atoms. The maximum atomic E-state index is 12.0. The van der Waals surface area contributed by atoms with Crippen molar-refractivity contribution in [2.24, 2.45) is 5.73 Å². The summed E-state index contributed by atoms with van der Waals surface area (Å²) in [4.78, 5) is 25.4. The molecular formula is C14H25N3O3. The summed E-state index contributed by atoms with van der Waals surface area (Å²) in [6.07, 6.45) is 2.40. The Morgan fingerprint density at radius 3 is 2.50 bits per heavy atom. The van der Waals surface area contributed by atoms with Gasteiger partial charge in [-0.2, -0.15) is 0 Å². The molecule has 0 aromatic carbocycles. The minimum Gasteiger partial charge on any atom is -0.444 e. The fourth-order valence-corrected chi connectivity index (χ4v) is 2.98. The number of amides is 2. The van der Waals surface area contributed by atoms with Gasteiger partial charge in [-0.15, -0.1) is 0 Å². The maximum absolute atomic E-state index is 12.0. The van der Waals surface area contributed by atoms with Gasteiger partial charge < -0.3 is 20.7 Å². The van der Waals surface area contributed by atoms with E-state index in [1.54, 1.807) is 4.90 Å². The second-order valence-electron chi connectivity index (χ2n) is 6.96. The minimum atomic E-state index is -0.479. The fraction of sp³-hybridized carbons (Fsp3) is 0.857. The molecule has 1 atom stereocenters. The Balaban J connectivity index is 1.92. The average Bonchev–Trinajstić information content (AvgIpc) is 2.25. The van der Waals surface area contributed by atoms with Crippen molar-refractivity contribution in [2.75, 3.05) is 13.1 Å². The van der Waals surface area contributed by atoms with E-state index in [0.717, 1.165) is 19.3 Å². The van der Waals surface area contributed by atoms with Gasteiger partial charge in [0.2, 0.25) is 5.91 Å². The van der Waals surface area contributed by atoms with Crippen LogP contribution in [0.5, 0.6) is 0 Å². The van der Waals surface area contributed by atoms with Crippen molar-refractivity contribution in [3.8, 4) is 0 Å². The Labute approximate surface area is 120 Å². The van der Waals surface area contributed by atoms with Crippen LogP contribution < -0.4 is 11.1 Å². The van der Waals surface area contributed by atoms with E-state index in [-0.39, 0.29) is 23.6 Å². The molecule has 114 valence electrons. The van der Waals surface area contributed by atoms with E-state index in [1.165, 1.54) is 0 Å². The number of ether oxygens (including phenoxy) is 1. The van der Waals surface area contributed by atoms with Crippen molar-refractivity contribution in [3.63, 3.8) is 0 Å². The summed E-state index contributed by atoms with van der Waals surface area (Å²) in [6, 6.07) is -0.0724. The van der Waals surface area contributed by atoms with Gasteiger partial charge in [0, 0.05) is 31.1 Å². The van der Waals surface area contributed by atoms with Crippen LogP contribution in [0.4, 0.5) is 4.79 Å². The van der Waals surface area contributed by atoms with E-state index in [2.05, 4.69) is 5.32 Å². The molecule has 2 fully saturated rings. The molecule has 2 aliphatic heterocycles. The third-order valence-corrected chi connectivity index (χ3v) is 3.88. The minimum absolute atomic E-state index is 0.0227. The van der Waals surface area contributed by atoms with Gasteiger partial charge in [0.25, 0.3) is 0 Å². The summed E-state index contributed by atoms with van der Waals surface area (Å²) < 4.78 is 5.37. The number of likely N-dealkylation sites (tertiary alicyclic amines) is 1. The van der Waals surface area contributed by atoms with Crippen LogP contribution in [0, 0.1) is 0 Å². The molecule has 0 aromatic heterocycles. The first-order valence-electron chi connectivity index (χ1n) is 7.24. The predicted molar refractivity (Wildman–Crippen MR) is 75.1 cm³/mol. The number of nitrogens with one attached hydrogen (secondary N) is 1. The number of hydrogen-bond donors (Lipinski definition) is 2. The van der Waals surface area contributed by atoms with E-state index in [0.29, 0.717) is 19.5 Å². The molecule has 0 saturated carbocycles. The highest BCUT2D eigenvalue weighted by atomic mass is 16.6. The van der Waals surface area contributed by atoms with Crippen LogP contribution in [-0.4, -0.2) is 47.2 Å². The van der Waals surface area contributed by atoms with Crippen molar-refractivity contribution in [3.05, 3.63) is 0 Å². The summed E-state index contributed by atoms with van der Waals surface area (Å²) in [7, 11) is 0. The van der Waals surface area contributed by atoms with Crippen LogP contribution in [0.1, 0.15) is 46.5 Å². The van der Waals surface area contributed by atoms with Gasteiger partial charge in [-0.1, -0.05) is 0 Å². The molecule has 0 aliphatic carbocycles. The zero-order chi connectivity index (χ0) is 15.0. The van der Waals surface area contributed by atoms with Gasteiger partial charge in [0.15, 0.2) is 0 Å². The lowest BCUT2D eigenvalue weighted by molar-refractivity contribution is -0.126. The standard InChI is InChI=1S/C14H25N3O3/c1-13(2,3)20-12(19)17-6-4-14(5-7-17)9-10(15)8-11(18)16-14/h10H,4-9,15H2,1-3H3,(H,16,18). The summed E-state index contributed by atoms with van der Waals surface area (Å²) in [5.74, 6) is 0.0227. The fourth-order valence-electron chi connectivity index (χ4n) is 2.98. The molecule has 2 rings (SSSR count). The highest BCUT2D eigenvalue weighted by molar-refractivity contribution is 5.78. The van der Waals surface area contributed by atoms with Crippen LogP contribution >= 0.6 is 0 Å². The Morgan fingerprint density at radius 2 is 2.00 bits per heavy atom. The first-order valence-corrected chi connectivity index (χ1v) is 7.24. The van der Waals surface area contributed by atoms with E-state index in [9.17, 15) is 9.59 Å². The van der Waals surface area contributed by atoms with Gasteiger partial charge >= 0.3 is 6.09 Å². The van der Waals surface area contributed by atoms with Gasteiger partial charge in [0.1, 0.15) is 5.60 Å². The van der Waals surface area contributed by atoms with Crippen LogP contribution in [0.2, 0.25) is 0 Å². The second-order valence-corrected chi connectivity index (χ2v) is 6.96. The number of nitrogens with zero attached hydrogens (tertiary/aromatic N) is 1. The van der Waals surface area contributed by atoms with Gasteiger partial charge in [-0.05, 0) is 40.0 Å². The maximum Gasteiger partial charge on any atom is 0.410 e. The molecule has 6 nitrogen and oxygen atoms in total. The number of carbonyl (C=O) groups is 2. The normalized spacial score (nSPS) is 26.3. The Kier molecular flexibility index (Phi) is 3.95. The van der Waals surface area contributed by atoms with Crippen LogP contribution in [-0.2, 0) is 9.53 Å². The summed E-state index contributed by atoms with van der Waals surface area (Å²) >= 11 is 0. The van der Waals surface area contributed by atoms with Crippen LogP contribution in [0.3, 0.4) is 0 Å². The molecule has 0 radical (unpaired) electrons. The van der Waals surface area contributed by atoms with E-state index < -0.39 is 5.60 Å². The predicted octanol–water partition coefficient (Wildman–Crippen LogP) is 0.993. The monoisotopic (exact) mass is 283 g/mol. The first kappa shape index (κ1) is 15.1. The van der Waals surface area contributed by atoms with Gasteiger partial charge in [-0.3, -0.25) is 4.79 Å². The third kappa shape index (κ3) is 3.62. The Hall–Kier alpha value is -1.30. The van der Waals surface area contributed by atoms with Crippen molar-refractivity contribution in [1.29, 1.82) is 0 Å². The zero-order valence-electron chi connectivity index (χ0n) is 12.6. The topological polar surface area (TPSA) is 84.7 Å². The summed E-state index contributed by atoms with van der Waals surface area (Å²) in [5.41, 5.74) is 5.23. The summed E-state index contributed by atoms with van der Waals surface area (Å²) in [5, 5.41) is 3.07. The number of hydrogen-bond acceptors (Lipinski definition) is 4. The molecule has 3 N–H and O–H groups in total. The molecule has 2 aliphatic rings. The van der Waals surface area contributed by atoms with Crippen molar-refractivity contribution < 1.29 is 14.3 Å². The SMILES string of the molecule is CC(C)(C)OC(=O)N1CCC2(CC1)CC(N)CC(=O)N2. The molecule has 2 saturated heterocycles. The average molecular weight is 283 g/mol. The highest BCUT2D eigenvalue weighted by Crippen LogP contribution is 2.31. The Morgan fingerprint density at radius 1 is 1.40 bits per heavy atom. The van der Waals surface area contributed by atoms with Crippen molar-refractivity contribution >= 4 is 12.0 Å². The summed E-state index contributed by atoms with van der Waals surface area (Å²) in [6.45, 7) is 6.77. The number of nitrogens with two attached hydrogens (primary N) is 1. The molecular weight excluding hydrogens is 258 g/mol. The first-order chi connectivity index (χ1) is 9.19. The third-order valence-electron chi connectivity index (χ3n) is 3.88. The zero-order valence-corrected chi connectivity index (χ0v) is 12.6. The molecule has 1 unspecified atom stereocenters. The number of rotatable bonds is 0. The van der Waals surface area contributed by atoms with Gasteiger partial charge in [-0.25, -0.2) is 4.79 Å². The molecule has 20 heavy (non-hydrogen) atoms. The number of carbonyl (C=O) groups excluding carboxylic acids is 2. The number of piperidine rings is 2. The lowest BCUT2D eigenvalue weighted by Gasteiger charge is -2.46. The van der Waals surface area contributed by atoms with E-state index in [1.807, 2.05) is 20.8 Å². The second kappa shape index (κ2) is 5.24. The van der Waals surface area contributed by atoms with Crippen LogP contribution in [0.15, 0.2) is 0 Å². The quantitative estimate of drug-likeness (QED) is 0.694. The van der Waals surface area contributed by atoms with E-state index in [4.69, 9.17) is 10.5 Å². The highest BCUT2D eigenvalue weighted by Gasteiger charge is 2.42. The van der Waals surface area contributed by atoms with Gasteiger partial charge in [0.05, 0.1) is 0 Å². The van der Waals surface area contributed by atoms with Crippen molar-refractivity contribution in [1.82, 2.24) is 10.2 Å². The van der Waals surface area contributed by atoms with Crippen molar-refractivity contribution in [2.45, 2.75) is 63.6 Å². The van der Waals surface area contributed by atoms with Crippen LogP contribution in [0.25, 0.3) is 0 Å². The Bertz CT molecular complexity index is 395. The molecule has 0 bridgehead atoms. The van der Waals surface area contributed by atoms with E-state index >= 15 is 0 Å². The molecule has 0 aromatic rings. The molecule has 6 heteroatoms.